The van der Waals surface area contributed by atoms with Gasteiger partial charge in [-0.25, -0.2) is 0 Å². The van der Waals surface area contributed by atoms with Crippen molar-refractivity contribution >= 4 is 11.9 Å². The maximum Gasteiger partial charge on any atom is 0.185 e. The van der Waals surface area contributed by atoms with Gasteiger partial charge >= 0.3 is 0 Å². The van der Waals surface area contributed by atoms with Crippen LogP contribution in [0.15, 0.2) is 42.5 Å². The third-order valence-corrected chi connectivity index (χ3v) is 2.72. The van der Waals surface area contributed by atoms with Crippen LogP contribution < -0.4 is 0 Å². The molecule has 5 nitrogen and oxygen atoms in total. The molecule has 0 spiro atoms. The number of para-hydroxylation sites is 1. The first-order chi connectivity index (χ1) is 9.49. The van der Waals surface area contributed by atoms with Gasteiger partial charge in [0.15, 0.2) is 28.8 Å². The summed E-state index contributed by atoms with van der Waals surface area (Å²) in [6.07, 6.45) is 2.54. The Bertz CT molecular complexity index is 689. The van der Waals surface area contributed by atoms with Gasteiger partial charge < -0.3 is 20.4 Å². The van der Waals surface area contributed by atoms with Crippen molar-refractivity contribution in [1.82, 2.24) is 0 Å². The molecule has 0 fully saturated rings. The first-order valence-corrected chi connectivity index (χ1v) is 5.74. The highest BCUT2D eigenvalue weighted by molar-refractivity contribution is 6.07. The van der Waals surface area contributed by atoms with Crippen LogP contribution in [0.4, 0.5) is 0 Å². The van der Waals surface area contributed by atoms with Gasteiger partial charge in [-0.3, -0.25) is 4.79 Å². The van der Waals surface area contributed by atoms with Crippen molar-refractivity contribution in [2.24, 2.45) is 0 Å². The Kier molecular flexibility index (Phi) is 3.61. The Morgan fingerprint density at radius 2 is 1.65 bits per heavy atom. The smallest absolute Gasteiger partial charge is 0.185 e. The first kappa shape index (κ1) is 13.5. The maximum absolute atomic E-state index is 11.9. The number of rotatable bonds is 3. The molecule has 0 saturated heterocycles. The number of aromatic hydroxyl groups is 4. The third-order valence-electron chi connectivity index (χ3n) is 2.72. The molecule has 0 radical (unpaired) electrons. The van der Waals surface area contributed by atoms with Crippen LogP contribution in [0.3, 0.4) is 0 Å². The van der Waals surface area contributed by atoms with Crippen LogP contribution in [0.2, 0.25) is 0 Å². The van der Waals surface area contributed by atoms with E-state index in [9.17, 15) is 20.1 Å². The Balaban J connectivity index is 2.24. The molecular weight excluding hydrogens is 260 g/mol. The van der Waals surface area contributed by atoms with Gasteiger partial charge in [0, 0.05) is 11.1 Å². The molecule has 0 aliphatic rings. The number of ketones is 1. The van der Waals surface area contributed by atoms with Crippen molar-refractivity contribution in [3.63, 3.8) is 0 Å². The summed E-state index contributed by atoms with van der Waals surface area (Å²) in [5, 5.41) is 37.4. The number of hydrogen-bond acceptors (Lipinski definition) is 5. The highest BCUT2D eigenvalue weighted by Crippen LogP contribution is 2.29. The Hall–Kier alpha value is -2.95. The molecule has 0 amide bonds. The van der Waals surface area contributed by atoms with Crippen molar-refractivity contribution in [1.29, 1.82) is 0 Å². The predicted molar refractivity (Wildman–Crippen MR) is 72.9 cm³/mol. The van der Waals surface area contributed by atoms with Crippen LogP contribution in [0.1, 0.15) is 15.9 Å². The fourth-order valence-corrected chi connectivity index (χ4v) is 1.62. The summed E-state index contributed by atoms with van der Waals surface area (Å²) < 4.78 is 0. The molecule has 5 heteroatoms. The number of phenolic OH excluding ortho intramolecular Hbond substituents is 4. The summed E-state index contributed by atoms with van der Waals surface area (Å²) in [4.78, 5) is 11.9. The second-order valence-electron chi connectivity index (χ2n) is 4.12. The van der Waals surface area contributed by atoms with Crippen molar-refractivity contribution in [2.75, 3.05) is 0 Å². The molecule has 2 aromatic carbocycles. The maximum atomic E-state index is 11.9. The molecule has 0 saturated carbocycles. The molecular formula is C15H12O5. The summed E-state index contributed by atoms with van der Waals surface area (Å²) in [6.45, 7) is 0. The number of hydrogen-bond donors (Lipinski definition) is 4. The van der Waals surface area contributed by atoms with Crippen molar-refractivity contribution in [2.45, 2.75) is 0 Å². The van der Waals surface area contributed by atoms with Crippen LogP contribution in [-0.4, -0.2) is 26.2 Å². The van der Waals surface area contributed by atoms with Gasteiger partial charge in [0.1, 0.15) is 0 Å². The van der Waals surface area contributed by atoms with Crippen LogP contribution in [0.25, 0.3) is 6.08 Å². The average Bonchev–Trinajstić information content (AvgIpc) is 2.43. The van der Waals surface area contributed by atoms with E-state index in [4.69, 9.17) is 5.11 Å². The molecule has 2 rings (SSSR count). The Labute approximate surface area is 114 Å². The van der Waals surface area contributed by atoms with E-state index >= 15 is 0 Å². The quantitative estimate of drug-likeness (QED) is 0.391. The zero-order valence-corrected chi connectivity index (χ0v) is 10.3. The van der Waals surface area contributed by atoms with Gasteiger partial charge in [-0.05, 0) is 36.4 Å². The highest BCUT2D eigenvalue weighted by Gasteiger charge is 2.07. The molecule has 20 heavy (non-hydrogen) atoms. The summed E-state index contributed by atoms with van der Waals surface area (Å²) in [5.41, 5.74) is 0.484. The standard InChI is InChI=1S/C15H12O5/c16-11(10-5-7-12(17)14(19)8-10)6-4-9-2-1-3-13(18)15(9)20/h1-8,17-20H/b6-4+. The summed E-state index contributed by atoms with van der Waals surface area (Å²) in [5.74, 6) is -1.70. The van der Waals surface area contributed by atoms with E-state index in [0.717, 1.165) is 6.07 Å². The molecule has 0 aliphatic heterocycles. The fraction of sp³-hybridized carbons (Fsp3) is 0. The van der Waals surface area contributed by atoms with E-state index in [-0.39, 0.29) is 28.6 Å². The molecule has 0 aromatic heterocycles. The zero-order chi connectivity index (χ0) is 14.7. The Morgan fingerprint density at radius 3 is 2.35 bits per heavy atom. The molecule has 0 atom stereocenters. The number of carbonyl (C=O) groups excluding carboxylic acids is 1. The van der Waals surface area contributed by atoms with Crippen LogP contribution in [0, 0.1) is 0 Å². The summed E-state index contributed by atoms with van der Waals surface area (Å²) in [6, 6.07) is 8.11. The molecule has 0 aliphatic carbocycles. The molecule has 0 heterocycles. The SMILES string of the molecule is O=C(/C=C/c1cccc(O)c1O)c1ccc(O)c(O)c1. The van der Waals surface area contributed by atoms with Gasteiger partial charge in [-0.1, -0.05) is 12.1 Å². The molecule has 0 bridgehead atoms. The highest BCUT2D eigenvalue weighted by atomic mass is 16.3. The monoisotopic (exact) mass is 272 g/mol. The zero-order valence-electron chi connectivity index (χ0n) is 10.3. The van der Waals surface area contributed by atoms with Gasteiger partial charge in [0.05, 0.1) is 0 Å². The Morgan fingerprint density at radius 1 is 0.900 bits per heavy atom. The van der Waals surface area contributed by atoms with Crippen LogP contribution in [-0.2, 0) is 0 Å². The van der Waals surface area contributed by atoms with Gasteiger partial charge in [0.25, 0.3) is 0 Å². The van der Waals surface area contributed by atoms with Crippen molar-refractivity contribution < 1.29 is 25.2 Å². The van der Waals surface area contributed by atoms with E-state index in [1.165, 1.54) is 42.5 Å². The van der Waals surface area contributed by atoms with Gasteiger partial charge in [-0.15, -0.1) is 0 Å². The number of phenols is 4. The van der Waals surface area contributed by atoms with Crippen LogP contribution >= 0.6 is 0 Å². The summed E-state index contributed by atoms with van der Waals surface area (Å²) >= 11 is 0. The second-order valence-corrected chi connectivity index (χ2v) is 4.12. The van der Waals surface area contributed by atoms with E-state index in [0.29, 0.717) is 5.56 Å². The van der Waals surface area contributed by atoms with Gasteiger partial charge in [0.2, 0.25) is 0 Å². The first-order valence-electron chi connectivity index (χ1n) is 5.74. The molecule has 4 N–H and O–H groups in total. The fourth-order valence-electron chi connectivity index (χ4n) is 1.62. The number of carbonyl (C=O) groups is 1. The lowest BCUT2D eigenvalue weighted by molar-refractivity contribution is 0.104. The molecule has 102 valence electrons. The van der Waals surface area contributed by atoms with E-state index in [1.54, 1.807) is 0 Å². The lowest BCUT2D eigenvalue weighted by Gasteiger charge is -2.01. The molecule has 0 unspecified atom stereocenters. The topological polar surface area (TPSA) is 98.0 Å². The lowest BCUT2D eigenvalue weighted by Crippen LogP contribution is -1.93. The predicted octanol–water partition coefficient (Wildman–Crippen LogP) is 2.41. The number of allylic oxidation sites excluding steroid dienone is 1. The van der Waals surface area contributed by atoms with Crippen LogP contribution in [0.5, 0.6) is 23.0 Å². The average molecular weight is 272 g/mol. The number of benzene rings is 2. The minimum absolute atomic E-state index is 0.191. The van der Waals surface area contributed by atoms with E-state index in [1.807, 2.05) is 0 Å². The summed E-state index contributed by atoms with van der Waals surface area (Å²) in [7, 11) is 0. The van der Waals surface area contributed by atoms with E-state index in [2.05, 4.69) is 0 Å². The van der Waals surface area contributed by atoms with Crippen molar-refractivity contribution in [3.8, 4) is 23.0 Å². The largest absolute Gasteiger partial charge is 0.504 e. The lowest BCUT2D eigenvalue weighted by atomic mass is 10.1. The molecule has 2 aromatic rings. The minimum atomic E-state index is -0.414. The minimum Gasteiger partial charge on any atom is -0.504 e. The third kappa shape index (κ3) is 2.72. The second kappa shape index (κ2) is 5.36. The normalized spacial score (nSPS) is 10.8. The van der Waals surface area contributed by atoms with Crippen molar-refractivity contribution in [3.05, 3.63) is 53.6 Å². The van der Waals surface area contributed by atoms with E-state index < -0.39 is 5.78 Å². The van der Waals surface area contributed by atoms with Gasteiger partial charge in [-0.2, -0.15) is 0 Å².